The zero-order valence-corrected chi connectivity index (χ0v) is 12.7. The summed E-state index contributed by atoms with van der Waals surface area (Å²) in [5.74, 6) is -0.0501. The molecule has 1 aliphatic rings. The molecule has 0 radical (unpaired) electrons. The molecule has 1 heterocycles. The zero-order valence-electron chi connectivity index (χ0n) is 11.8. The molecular weight excluding hydrogens is 282 g/mol. The Morgan fingerprint density at radius 1 is 1.24 bits per heavy atom. The topological polar surface area (TPSA) is 54.0 Å². The second-order valence-corrected chi connectivity index (χ2v) is 6.19. The number of carbonyl (C=O) groups excluding carboxylic acids is 1. The summed E-state index contributed by atoms with van der Waals surface area (Å²) in [6.07, 6.45) is 4.61. The summed E-state index contributed by atoms with van der Waals surface area (Å²) in [6, 6.07) is 10.5. The Morgan fingerprint density at radius 3 is 2.76 bits per heavy atom. The molecule has 4 nitrogen and oxygen atoms in total. The Kier molecular flexibility index (Phi) is 4.50. The van der Waals surface area contributed by atoms with Crippen LogP contribution in [0.3, 0.4) is 0 Å². The molecule has 0 bridgehead atoms. The SMILES string of the molecule is O=C(NC1CCCC1)c1csc(NCc2ccccc2)n1. The van der Waals surface area contributed by atoms with Crippen molar-refractivity contribution in [1.82, 2.24) is 10.3 Å². The van der Waals surface area contributed by atoms with E-state index in [4.69, 9.17) is 0 Å². The first-order valence-electron chi connectivity index (χ1n) is 7.35. The van der Waals surface area contributed by atoms with Crippen LogP contribution in [-0.4, -0.2) is 16.9 Å². The third kappa shape index (κ3) is 3.82. The van der Waals surface area contributed by atoms with Crippen LogP contribution in [0.4, 0.5) is 5.13 Å². The van der Waals surface area contributed by atoms with Crippen molar-refractivity contribution in [1.29, 1.82) is 0 Å². The van der Waals surface area contributed by atoms with E-state index < -0.39 is 0 Å². The lowest BCUT2D eigenvalue weighted by Crippen LogP contribution is -2.32. The minimum atomic E-state index is -0.0501. The highest BCUT2D eigenvalue weighted by Gasteiger charge is 2.19. The van der Waals surface area contributed by atoms with Gasteiger partial charge in [0.15, 0.2) is 5.13 Å². The molecule has 2 aromatic rings. The van der Waals surface area contributed by atoms with E-state index in [1.807, 2.05) is 23.6 Å². The lowest BCUT2D eigenvalue weighted by molar-refractivity contribution is 0.0933. The molecule has 0 spiro atoms. The molecule has 0 aliphatic heterocycles. The van der Waals surface area contributed by atoms with E-state index in [-0.39, 0.29) is 5.91 Å². The molecule has 0 unspecified atom stereocenters. The van der Waals surface area contributed by atoms with Crippen LogP contribution in [0.1, 0.15) is 41.7 Å². The summed E-state index contributed by atoms with van der Waals surface area (Å²) in [7, 11) is 0. The van der Waals surface area contributed by atoms with Crippen molar-refractivity contribution in [2.45, 2.75) is 38.3 Å². The van der Waals surface area contributed by atoms with Gasteiger partial charge < -0.3 is 10.6 Å². The molecule has 1 aromatic carbocycles. The maximum atomic E-state index is 12.1. The number of benzene rings is 1. The molecule has 21 heavy (non-hydrogen) atoms. The number of anilines is 1. The lowest BCUT2D eigenvalue weighted by Gasteiger charge is -2.09. The zero-order chi connectivity index (χ0) is 14.5. The third-order valence-electron chi connectivity index (χ3n) is 3.71. The number of hydrogen-bond donors (Lipinski definition) is 2. The van der Waals surface area contributed by atoms with Crippen molar-refractivity contribution in [3.8, 4) is 0 Å². The Bertz CT molecular complexity index is 591. The molecule has 1 saturated carbocycles. The maximum absolute atomic E-state index is 12.1. The Hall–Kier alpha value is -1.88. The predicted octanol–water partition coefficient (Wildman–Crippen LogP) is 3.43. The molecule has 5 heteroatoms. The van der Waals surface area contributed by atoms with Gasteiger partial charge in [-0.25, -0.2) is 4.98 Å². The van der Waals surface area contributed by atoms with Gasteiger partial charge in [-0.15, -0.1) is 11.3 Å². The first-order chi connectivity index (χ1) is 10.3. The summed E-state index contributed by atoms with van der Waals surface area (Å²) < 4.78 is 0. The number of rotatable bonds is 5. The standard InChI is InChI=1S/C16H19N3OS/c20-15(18-13-8-4-5-9-13)14-11-21-16(19-14)17-10-12-6-2-1-3-7-12/h1-3,6-7,11,13H,4-5,8-10H2,(H,17,19)(H,18,20). The number of nitrogens with one attached hydrogen (secondary N) is 2. The summed E-state index contributed by atoms with van der Waals surface area (Å²) in [5, 5.41) is 8.92. The van der Waals surface area contributed by atoms with Gasteiger partial charge in [0.2, 0.25) is 0 Å². The molecule has 0 saturated heterocycles. The molecule has 1 aliphatic carbocycles. The third-order valence-corrected chi connectivity index (χ3v) is 4.51. The quantitative estimate of drug-likeness (QED) is 0.889. The fourth-order valence-corrected chi connectivity index (χ4v) is 3.25. The Balaban J connectivity index is 1.54. The van der Waals surface area contributed by atoms with Crippen LogP contribution in [0.5, 0.6) is 0 Å². The summed E-state index contributed by atoms with van der Waals surface area (Å²) in [6.45, 7) is 0.720. The van der Waals surface area contributed by atoms with E-state index in [9.17, 15) is 4.79 Å². The van der Waals surface area contributed by atoms with Crippen LogP contribution in [0, 0.1) is 0 Å². The number of amides is 1. The van der Waals surface area contributed by atoms with Gasteiger partial charge in [-0.3, -0.25) is 4.79 Å². The lowest BCUT2D eigenvalue weighted by atomic mass is 10.2. The van der Waals surface area contributed by atoms with Crippen LogP contribution >= 0.6 is 11.3 Å². The van der Waals surface area contributed by atoms with E-state index in [2.05, 4.69) is 27.8 Å². The van der Waals surface area contributed by atoms with Crippen molar-refractivity contribution in [3.63, 3.8) is 0 Å². The molecule has 0 atom stereocenters. The number of carbonyl (C=O) groups is 1. The van der Waals surface area contributed by atoms with Gasteiger partial charge in [-0.2, -0.15) is 0 Å². The fourth-order valence-electron chi connectivity index (χ4n) is 2.56. The number of thiazole rings is 1. The number of nitrogens with zero attached hydrogens (tertiary/aromatic N) is 1. The summed E-state index contributed by atoms with van der Waals surface area (Å²) in [4.78, 5) is 16.5. The van der Waals surface area contributed by atoms with Gasteiger partial charge in [-0.05, 0) is 18.4 Å². The van der Waals surface area contributed by atoms with E-state index >= 15 is 0 Å². The summed E-state index contributed by atoms with van der Waals surface area (Å²) in [5.41, 5.74) is 1.71. The van der Waals surface area contributed by atoms with Gasteiger partial charge in [0, 0.05) is 18.0 Å². The molecule has 1 aromatic heterocycles. The van der Waals surface area contributed by atoms with E-state index in [0.29, 0.717) is 11.7 Å². The van der Waals surface area contributed by atoms with E-state index in [0.717, 1.165) is 24.5 Å². The highest BCUT2D eigenvalue weighted by Crippen LogP contribution is 2.20. The number of aromatic nitrogens is 1. The highest BCUT2D eigenvalue weighted by atomic mass is 32.1. The molecule has 110 valence electrons. The first-order valence-corrected chi connectivity index (χ1v) is 8.23. The normalized spacial score (nSPS) is 15.0. The van der Waals surface area contributed by atoms with Crippen LogP contribution in [-0.2, 0) is 6.54 Å². The minimum Gasteiger partial charge on any atom is -0.357 e. The van der Waals surface area contributed by atoms with Crippen LogP contribution < -0.4 is 10.6 Å². The van der Waals surface area contributed by atoms with Gasteiger partial charge in [0.25, 0.3) is 5.91 Å². The summed E-state index contributed by atoms with van der Waals surface area (Å²) >= 11 is 1.47. The van der Waals surface area contributed by atoms with E-state index in [1.54, 1.807) is 0 Å². The average Bonchev–Trinajstić information content (AvgIpc) is 3.17. The van der Waals surface area contributed by atoms with Gasteiger partial charge in [-0.1, -0.05) is 43.2 Å². The maximum Gasteiger partial charge on any atom is 0.271 e. The smallest absolute Gasteiger partial charge is 0.271 e. The second kappa shape index (κ2) is 6.72. The van der Waals surface area contributed by atoms with E-state index in [1.165, 1.54) is 29.7 Å². The second-order valence-electron chi connectivity index (χ2n) is 5.33. The van der Waals surface area contributed by atoms with Gasteiger partial charge in [0.1, 0.15) is 5.69 Å². The van der Waals surface area contributed by atoms with Crippen LogP contribution in [0.2, 0.25) is 0 Å². The van der Waals surface area contributed by atoms with Crippen molar-refractivity contribution in [2.24, 2.45) is 0 Å². The van der Waals surface area contributed by atoms with Crippen molar-refractivity contribution in [3.05, 3.63) is 47.0 Å². The van der Waals surface area contributed by atoms with Crippen molar-refractivity contribution >= 4 is 22.4 Å². The monoisotopic (exact) mass is 301 g/mol. The minimum absolute atomic E-state index is 0.0501. The molecular formula is C16H19N3OS. The predicted molar refractivity (Wildman–Crippen MR) is 85.6 cm³/mol. The molecule has 1 fully saturated rings. The largest absolute Gasteiger partial charge is 0.357 e. The van der Waals surface area contributed by atoms with Gasteiger partial charge in [0.05, 0.1) is 0 Å². The van der Waals surface area contributed by atoms with Crippen molar-refractivity contribution < 1.29 is 4.79 Å². The van der Waals surface area contributed by atoms with Crippen LogP contribution in [0.15, 0.2) is 35.7 Å². The average molecular weight is 301 g/mol. The van der Waals surface area contributed by atoms with Crippen LogP contribution in [0.25, 0.3) is 0 Å². The Labute approximate surface area is 128 Å². The van der Waals surface area contributed by atoms with Crippen molar-refractivity contribution in [2.75, 3.05) is 5.32 Å². The molecule has 3 rings (SSSR count). The highest BCUT2D eigenvalue weighted by molar-refractivity contribution is 7.13. The fraction of sp³-hybridized carbons (Fsp3) is 0.375. The molecule has 1 amide bonds. The van der Waals surface area contributed by atoms with Gasteiger partial charge >= 0.3 is 0 Å². The first kappa shape index (κ1) is 14.1. The molecule has 2 N–H and O–H groups in total. The Morgan fingerprint density at radius 2 is 2.00 bits per heavy atom. The number of hydrogen-bond acceptors (Lipinski definition) is 4.